The second-order valence-electron chi connectivity index (χ2n) is 5.96. The molecule has 150 valence electrons. The van der Waals surface area contributed by atoms with Crippen LogP contribution in [-0.2, 0) is 9.59 Å². The van der Waals surface area contributed by atoms with Crippen molar-refractivity contribution >= 4 is 29.7 Å². The number of rotatable bonds is 5. The van der Waals surface area contributed by atoms with E-state index in [1.807, 2.05) is 0 Å². The van der Waals surface area contributed by atoms with Gasteiger partial charge in [0, 0.05) is 5.69 Å². The molecule has 0 spiro atoms. The van der Waals surface area contributed by atoms with Gasteiger partial charge in [-0.05, 0) is 54.1 Å². The minimum absolute atomic E-state index is 0.167. The summed E-state index contributed by atoms with van der Waals surface area (Å²) in [5.74, 6) is -3.05. The molecule has 0 heterocycles. The summed E-state index contributed by atoms with van der Waals surface area (Å²) in [4.78, 5) is 35.5. The lowest BCUT2D eigenvalue weighted by Crippen LogP contribution is -2.32. The third-order valence-corrected chi connectivity index (χ3v) is 3.80. The summed E-state index contributed by atoms with van der Waals surface area (Å²) in [6.07, 6.45) is 1.32. The molecule has 0 fully saturated rings. The molecule has 0 unspecified atom stereocenters. The molecule has 0 bridgehead atoms. The maximum absolute atomic E-state index is 13.6. The fraction of sp³-hybridized carbons (Fsp3) is 0. The average molecular weight is 405 g/mol. The molecule has 2 amide bonds. The van der Waals surface area contributed by atoms with E-state index in [0.717, 1.165) is 0 Å². The van der Waals surface area contributed by atoms with Gasteiger partial charge in [-0.3, -0.25) is 9.59 Å². The monoisotopic (exact) mass is 405 g/mol. The van der Waals surface area contributed by atoms with E-state index in [4.69, 9.17) is 4.74 Å². The summed E-state index contributed by atoms with van der Waals surface area (Å²) in [6.45, 7) is 0. The van der Waals surface area contributed by atoms with Crippen molar-refractivity contribution in [2.75, 3.05) is 5.32 Å². The second kappa shape index (κ2) is 9.74. The number of carbonyl (C=O) groups is 3. The maximum atomic E-state index is 13.6. The van der Waals surface area contributed by atoms with Crippen molar-refractivity contribution < 1.29 is 23.5 Å². The Morgan fingerprint density at radius 2 is 1.50 bits per heavy atom. The van der Waals surface area contributed by atoms with Gasteiger partial charge in [-0.2, -0.15) is 5.10 Å². The van der Waals surface area contributed by atoms with Gasteiger partial charge in [-0.25, -0.2) is 14.6 Å². The van der Waals surface area contributed by atoms with E-state index in [-0.39, 0.29) is 11.3 Å². The molecule has 3 aromatic rings. The van der Waals surface area contributed by atoms with Crippen LogP contribution in [0, 0.1) is 5.82 Å². The number of hydrazone groups is 1. The maximum Gasteiger partial charge on any atom is 0.346 e. The predicted molar refractivity (Wildman–Crippen MR) is 109 cm³/mol. The quantitative estimate of drug-likeness (QED) is 0.224. The van der Waals surface area contributed by atoms with Gasteiger partial charge in [0.05, 0.1) is 11.8 Å². The van der Waals surface area contributed by atoms with Crippen molar-refractivity contribution in [1.82, 2.24) is 5.43 Å². The summed E-state index contributed by atoms with van der Waals surface area (Å²) in [5.41, 5.74) is 3.01. The molecule has 3 rings (SSSR count). The first-order valence-corrected chi connectivity index (χ1v) is 8.79. The highest BCUT2D eigenvalue weighted by molar-refractivity contribution is 6.39. The fourth-order valence-corrected chi connectivity index (χ4v) is 2.34. The highest BCUT2D eigenvalue weighted by Gasteiger charge is 2.14. The SMILES string of the molecule is O=C(N/N=C\c1ccc(OC(=O)c2ccccc2F)cc1)C(=O)Nc1ccccc1. The van der Waals surface area contributed by atoms with E-state index >= 15 is 0 Å². The summed E-state index contributed by atoms with van der Waals surface area (Å²) in [6, 6.07) is 20.2. The van der Waals surface area contributed by atoms with Crippen LogP contribution in [0.15, 0.2) is 84.0 Å². The van der Waals surface area contributed by atoms with Crippen molar-refractivity contribution in [2.45, 2.75) is 0 Å². The average Bonchev–Trinajstić information content (AvgIpc) is 2.76. The summed E-state index contributed by atoms with van der Waals surface area (Å²) >= 11 is 0. The molecule has 2 N–H and O–H groups in total. The van der Waals surface area contributed by atoms with Gasteiger partial charge in [0.25, 0.3) is 0 Å². The smallest absolute Gasteiger partial charge is 0.346 e. The van der Waals surface area contributed by atoms with Crippen molar-refractivity contribution in [3.8, 4) is 5.75 Å². The van der Waals surface area contributed by atoms with Crippen LogP contribution in [0.25, 0.3) is 0 Å². The number of benzene rings is 3. The van der Waals surface area contributed by atoms with Gasteiger partial charge in [0.2, 0.25) is 0 Å². The number of ether oxygens (including phenoxy) is 1. The summed E-state index contributed by atoms with van der Waals surface area (Å²) < 4.78 is 18.7. The Morgan fingerprint density at radius 1 is 0.833 bits per heavy atom. The molecule has 0 aliphatic carbocycles. The zero-order valence-electron chi connectivity index (χ0n) is 15.5. The lowest BCUT2D eigenvalue weighted by atomic mass is 10.2. The second-order valence-corrected chi connectivity index (χ2v) is 5.96. The number of amides is 2. The van der Waals surface area contributed by atoms with Crippen LogP contribution in [0.5, 0.6) is 5.75 Å². The van der Waals surface area contributed by atoms with Crippen LogP contribution in [0.2, 0.25) is 0 Å². The molecular weight excluding hydrogens is 389 g/mol. The predicted octanol–water partition coefficient (Wildman–Crippen LogP) is 3.13. The number of halogens is 1. The first-order chi connectivity index (χ1) is 14.5. The van der Waals surface area contributed by atoms with Gasteiger partial charge in [-0.15, -0.1) is 0 Å². The number of anilines is 1. The first-order valence-electron chi connectivity index (χ1n) is 8.79. The molecule has 8 heteroatoms. The zero-order chi connectivity index (χ0) is 21.3. The van der Waals surface area contributed by atoms with Crippen molar-refractivity contribution in [2.24, 2.45) is 5.10 Å². The van der Waals surface area contributed by atoms with E-state index in [2.05, 4.69) is 15.8 Å². The molecule has 0 saturated carbocycles. The zero-order valence-corrected chi connectivity index (χ0v) is 15.5. The van der Waals surface area contributed by atoms with Crippen LogP contribution in [-0.4, -0.2) is 24.0 Å². The van der Waals surface area contributed by atoms with Crippen LogP contribution in [0.1, 0.15) is 15.9 Å². The Hall–Kier alpha value is -4.33. The number of carbonyl (C=O) groups excluding carboxylic acids is 3. The Kier molecular flexibility index (Phi) is 6.63. The standard InChI is InChI=1S/C22H16FN3O4/c23-19-9-5-4-8-18(19)22(29)30-17-12-10-15(11-13-17)14-24-26-21(28)20(27)25-16-6-2-1-3-7-16/h1-14H,(H,25,27)(H,26,28)/b24-14-. The normalized spacial score (nSPS) is 10.4. The van der Waals surface area contributed by atoms with E-state index in [1.165, 1.54) is 42.6 Å². The number of para-hydroxylation sites is 1. The molecule has 0 aliphatic rings. The number of hydrogen-bond donors (Lipinski definition) is 2. The highest BCUT2D eigenvalue weighted by atomic mass is 19.1. The number of hydrogen-bond acceptors (Lipinski definition) is 5. The largest absolute Gasteiger partial charge is 0.423 e. The molecular formula is C22H16FN3O4. The molecule has 3 aromatic carbocycles. The van der Waals surface area contributed by atoms with E-state index in [9.17, 15) is 18.8 Å². The number of nitrogens with zero attached hydrogens (tertiary/aromatic N) is 1. The molecule has 0 atom stereocenters. The van der Waals surface area contributed by atoms with Crippen LogP contribution < -0.4 is 15.5 Å². The minimum Gasteiger partial charge on any atom is -0.423 e. The summed E-state index contributed by atoms with van der Waals surface area (Å²) in [7, 11) is 0. The van der Waals surface area contributed by atoms with E-state index in [1.54, 1.807) is 42.5 Å². The molecule has 0 aliphatic heterocycles. The summed E-state index contributed by atoms with van der Waals surface area (Å²) in [5, 5.41) is 6.14. The fourth-order valence-electron chi connectivity index (χ4n) is 2.34. The topological polar surface area (TPSA) is 96.9 Å². The Labute approximate surface area is 171 Å². The third-order valence-electron chi connectivity index (χ3n) is 3.80. The molecule has 30 heavy (non-hydrogen) atoms. The number of esters is 1. The van der Waals surface area contributed by atoms with Crippen molar-refractivity contribution in [3.63, 3.8) is 0 Å². The van der Waals surface area contributed by atoms with Gasteiger partial charge >= 0.3 is 17.8 Å². The highest BCUT2D eigenvalue weighted by Crippen LogP contribution is 2.15. The molecule has 0 saturated heterocycles. The molecule has 0 aromatic heterocycles. The van der Waals surface area contributed by atoms with Gasteiger partial charge in [-0.1, -0.05) is 30.3 Å². The Bertz CT molecular complexity index is 1080. The molecule has 0 radical (unpaired) electrons. The van der Waals surface area contributed by atoms with Crippen LogP contribution in [0.4, 0.5) is 10.1 Å². The van der Waals surface area contributed by atoms with E-state index in [0.29, 0.717) is 11.3 Å². The van der Waals surface area contributed by atoms with Gasteiger partial charge in [0.1, 0.15) is 11.6 Å². The first kappa shape index (κ1) is 20.4. The lowest BCUT2D eigenvalue weighted by molar-refractivity contribution is -0.136. The third kappa shape index (κ3) is 5.59. The van der Waals surface area contributed by atoms with E-state index < -0.39 is 23.6 Å². The van der Waals surface area contributed by atoms with Gasteiger partial charge in [0.15, 0.2) is 0 Å². The minimum atomic E-state index is -0.925. The molecule has 7 nitrogen and oxygen atoms in total. The number of nitrogens with one attached hydrogen (secondary N) is 2. The van der Waals surface area contributed by atoms with Crippen LogP contribution in [0.3, 0.4) is 0 Å². The van der Waals surface area contributed by atoms with Crippen LogP contribution >= 0.6 is 0 Å². The van der Waals surface area contributed by atoms with Crippen molar-refractivity contribution in [1.29, 1.82) is 0 Å². The Morgan fingerprint density at radius 3 is 2.20 bits per heavy atom. The van der Waals surface area contributed by atoms with Crippen molar-refractivity contribution in [3.05, 3.63) is 95.8 Å². The Balaban J connectivity index is 1.52. The van der Waals surface area contributed by atoms with Gasteiger partial charge < -0.3 is 10.1 Å². The lowest BCUT2D eigenvalue weighted by Gasteiger charge is -2.05.